The van der Waals surface area contributed by atoms with Gasteiger partial charge in [-0.25, -0.2) is 4.98 Å². The maximum atomic E-state index is 13.7. The Morgan fingerprint density at radius 2 is 1.93 bits per heavy atom. The van der Waals surface area contributed by atoms with Gasteiger partial charge >= 0.3 is 6.18 Å². The number of hydrogen-bond donors (Lipinski definition) is 3. The predicted molar refractivity (Wildman–Crippen MR) is 91.8 cm³/mol. The molecule has 27 heavy (non-hydrogen) atoms. The van der Waals surface area contributed by atoms with Gasteiger partial charge in [-0.2, -0.15) is 23.3 Å². The number of alkyl halides is 3. The van der Waals surface area contributed by atoms with Crippen LogP contribution < -0.4 is 11.1 Å². The lowest BCUT2D eigenvalue weighted by Crippen LogP contribution is -2.29. The molecule has 0 atom stereocenters. The number of aromatic amines is 1. The third-order valence-corrected chi connectivity index (χ3v) is 4.17. The van der Waals surface area contributed by atoms with Crippen molar-refractivity contribution in [1.82, 2.24) is 34.9 Å². The molecular weight excluding hydrogens is 363 g/mol. The standard InChI is InChI=1S/C15H18F3N9/c1-7-8(5-27(26-7)14(2,3)12-21-6-22-25-12)10-9(15(16,17)18)11(20-4)24-13(19)23-10/h5-6H,1-4H3,(H,21,22,25)(H3,19,20,23,24). The van der Waals surface area contributed by atoms with E-state index in [4.69, 9.17) is 5.73 Å². The van der Waals surface area contributed by atoms with Crippen molar-refractivity contribution >= 4 is 11.8 Å². The van der Waals surface area contributed by atoms with Crippen molar-refractivity contribution in [3.05, 3.63) is 29.6 Å². The van der Waals surface area contributed by atoms with Gasteiger partial charge in [0.15, 0.2) is 5.82 Å². The van der Waals surface area contributed by atoms with Crippen molar-refractivity contribution in [2.24, 2.45) is 0 Å². The van der Waals surface area contributed by atoms with Crippen LogP contribution >= 0.6 is 0 Å². The van der Waals surface area contributed by atoms with Crippen LogP contribution in [0.2, 0.25) is 0 Å². The van der Waals surface area contributed by atoms with Gasteiger partial charge in [0.2, 0.25) is 5.95 Å². The highest BCUT2D eigenvalue weighted by molar-refractivity contribution is 5.72. The third kappa shape index (κ3) is 3.17. The molecule has 0 saturated heterocycles. The summed E-state index contributed by atoms with van der Waals surface area (Å²) >= 11 is 0. The smallest absolute Gasteiger partial charge is 0.372 e. The van der Waals surface area contributed by atoms with Gasteiger partial charge in [0.05, 0.1) is 11.4 Å². The lowest BCUT2D eigenvalue weighted by Gasteiger charge is -2.22. The SMILES string of the molecule is CNc1nc(N)nc(-c2cn(C(C)(C)c3nnc[nH]3)nc2C)c1C(F)(F)F. The Bertz CT molecular complexity index is 958. The first-order valence-electron chi connectivity index (χ1n) is 7.91. The van der Waals surface area contributed by atoms with Crippen molar-refractivity contribution in [2.75, 3.05) is 18.1 Å². The number of H-pyrrole nitrogens is 1. The van der Waals surface area contributed by atoms with E-state index >= 15 is 0 Å². The Morgan fingerprint density at radius 1 is 1.22 bits per heavy atom. The van der Waals surface area contributed by atoms with Crippen molar-refractivity contribution < 1.29 is 13.2 Å². The highest BCUT2D eigenvalue weighted by atomic mass is 19.4. The van der Waals surface area contributed by atoms with Crippen molar-refractivity contribution in [2.45, 2.75) is 32.5 Å². The summed E-state index contributed by atoms with van der Waals surface area (Å²) in [6.07, 6.45) is -1.79. The van der Waals surface area contributed by atoms with Crippen LogP contribution in [0.4, 0.5) is 24.9 Å². The zero-order valence-corrected chi connectivity index (χ0v) is 15.0. The molecule has 144 valence electrons. The van der Waals surface area contributed by atoms with Crippen LogP contribution in [0.5, 0.6) is 0 Å². The van der Waals surface area contributed by atoms with Crippen LogP contribution in [0.15, 0.2) is 12.5 Å². The molecule has 0 aliphatic heterocycles. The number of halogens is 3. The van der Waals surface area contributed by atoms with Crippen LogP contribution in [0.25, 0.3) is 11.3 Å². The van der Waals surface area contributed by atoms with Crippen LogP contribution in [-0.4, -0.2) is 42.0 Å². The molecule has 0 saturated carbocycles. The number of nitrogen functional groups attached to an aromatic ring is 1. The van der Waals surface area contributed by atoms with Crippen molar-refractivity contribution in [3.63, 3.8) is 0 Å². The van der Waals surface area contributed by atoms with E-state index < -0.39 is 23.1 Å². The fourth-order valence-electron chi connectivity index (χ4n) is 2.71. The Balaban J connectivity index is 2.22. The summed E-state index contributed by atoms with van der Waals surface area (Å²) in [5.41, 5.74) is 4.06. The maximum absolute atomic E-state index is 13.7. The predicted octanol–water partition coefficient (Wildman–Crippen LogP) is 2.19. The van der Waals surface area contributed by atoms with Crippen LogP contribution in [0.1, 0.15) is 30.9 Å². The fourth-order valence-corrected chi connectivity index (χ4v) is 2.71. The number of nitrogens with one attached hydrogen (secondary N) is 2. The lowest BCUT2D eigenvalue weighted by molar-refractivity contribution is -0.136. The summed E-state index contributed by atoms with van der Waals surface area (Å²) in [4.78, 5) is 10.4. The summed E-state index contributed by atoms with van der Waals surface area (Å²) in [7, 11) is 1.34. The lowest BCUT2D eigenvalue weighted by atomic mass is 10.0. The quantitative estimate of drug-likeness (QED) is 0.633. The average Bonchev–Trinajstić information content (AvgIpc) is 3.22. The normalized spacial score (nSPS) is 12.4. The minimum absolute atomic E-state index is 0.195. The minimum Gasteiger partial charge on any atom is -0.372 e. The van der Waals surface area contributed by atoms with Crippen LogP contribution in [0.3, 0.4) is 0 Å². The highest BCUT2D eigenvalue weighted by Crippen LogP contribution is 2.41. The van der Waals surface area contributed by atoms with E-state index in [1.807, 2.05) is 13.8 Å². The molecule has 0 aliphatic rings. The number of nitrogens with two attached hydrogens (primary N) is 1. The molecule has 0 fully saturated rings. The van der Waals surface area contributed by atoms with Crippen molar-refractivity contribution in [3.8, 4) is 11.3 Å². The second kappa shape index (κ2) is 6.21. The van der Waals surface area contributed by atoms with E-state index in [9.17, 15) is 13.2 Å². The second-order valence-electron chi connectivity index (χ2n) is 6.37. The molecule has 0 amide bonds. The molecule has 3 aromatic heterocycles. The Kier molecular flexibility index (Phi) is 4.28. The molecule has 3 rings (SSSR count). The number of nitrogens with zero attached hydrogens (tertiary/aromatic N) is 6. The second-order valence-corrected chi connectivity index (χ2v) is 6.37. The molecule has 0 aliphatic carbocycles. The molecule has 4 N–H and O–H groups in total. The van der Waals surface area contributed by atoms with Gasteiger partial charge in [-0.1, -0.05) is 0 Å². The summed E-state index contributed by atoms with van der Waals surface area (Å²) in [6, 6.07) is 0. The monoisotopic (exact) mass is 381 g/mol. The van der Waals surface area contributed by atoms with Gasteiger partial charge in [-0.15, -0.1) is 10.2 Å². The molecular formula is C15H18F3N9. The topological polar surface area (TPSA) is 123 Å². The Labute approximate surface area is 152 Å². The number of aryl methyl sites for hydroxylation is 1. The first-order valence-corrected chi connectivity index (χ1v) is 7.91. The summed E-state index contributed by atoms with van der Waals surface area (Å²) < 4.78 is 42.6. The zero-order valence-electron chi connectivity index (χ0n) is 15.0. The van der Waals surface area contributed by atoms with Gasteiger partial charge in [-0.05, 0) is 20.8 Å². The average molecular weight is 381 g/mol. The fraction of sp³-hybridized carbons (Fsp3) is 0.400. The number of hydrogen-bond acceptors (Lipinski definition) is 7. The van der Waals surface area contributed by atoms with Gasteiger partial charge < -0.3 is 16.0 Å². The van der Waals surface area contributed by atoms with E-state index in [-0.39, 0.29) is 17.2 Å². The molecule has 0 aromatic carbocycles. The minimum atomic E-state index is -4.68. The van der Waals surface area contributed by atoms with Gasteiger partial charge in [-0.3, -0.25) is 4.68 Å². The molecule has 3 aromatic rings. The Morgan fingerprint density at radius 3 is 2.48 bits per heavy atom. The maximum Gasteiger partial charge on any atom is 0.422 e. The number of anilines is 2. The first-order chi connectivity index (χ1) is 12.6. The largest absolute Gasteiger partial charge is 0.422 e. The van der Waals surface area contributed by atoms with E-state index in [1.54, 1.807) is 6.92 Å². The summed E-state index contributed by atoms with van der Waals surface area (Å²) in [5, 5.41) is 14.5. The number of aromatic nitrogens is 7. The molecule has 0 spiro atoms. The molecule has 9 nitrogen and oxygen atoms in total. The van der Waals surface area contributed by atoms with Gasteiger partial charge in [0.1, 0.15) is 23.2 Å². The summed E-state index contributed by atoms with van der Waals surface area (Å²) in [5.74, 6) is -0.165. The molecule has 3 heterocycles. The first kappa shape index (κ1) is 18.6. The Hall–Kier alpha value is -3.18. The summed E-state index contributed by atoms with van der Waals surface area (Å²) in [6.45, 7) is 5.21. The van der Waals surface area contributed by atoms with E-state index in [1.165, 1.54) is 24.3 Å². The molecule has 0 bridgehead atoms. The highest BCUT2D eigenvalue weighted by Gasteiger charge is 2.40. The third-order valence-electron chi connectivity index (χ3n) is 4.17. The molecule has 0 radical (unpaired) electrons. The van der Waals surface area contributed by atoms with Gasteiger partial charge in [0.25, 0.3) is 0 Å². The molecule has 12 heteroatoms. The van der Waals surface area contributed by atoms with Gasteiger partial charge in [0, 0.05) is 18.8 Å². The van der Waals surface area contributed by atoms with E-state index in [0.29, 0.717) is 11.5 Å². The zero-order chi connectivity index (χ0) is 20.0. The van der Waals surface area contributed by atoms with E-state index in [2.05, 4.69) is 35.6 Å². The number of rotatable bonds is 4. The van der Waals surface area contributed by atoms with Crippen LogP contribution in [-0.2, 0) is 11.7 Å². The van der Waals surface area contributed by atoms with Crippen LogP contribution in [0, 0.1) is 6.92 Å². The molecule has 0 unspecified atom stereocenters. The van der Waals surface area contributed by atoms with E-state index in [0.717, 1.165) is 0 Å². The van der Waals surface area contributed by atoms with Crippen molar-refractivity contribution in [1.29, 1.82) is 0 Å².